The Bertz CT molecular complexity index is 451. The Morgan fingerprint density at radius 1 is 1.59 bits per heavy atom. The summed E-state index contributed by atoms with van der Waals surface area (Å²) in [4.78, 5) is 27.5. The molecule has 17 heavy (non-hydrogen) atoms. The number of aromatic nitrogens is 1. The second kappa shape index (κ2) is 4.92. The van der Waals surface area contributed by atoms with Gasteiger partial charge in [-0.3, -0.25) is 9.59 Å². The summed E-state index contributed by atoms with van der Waals surface area (Å²) in [6.07, 6.45) is 2.44. The molecule has 2 atom stereocenters. The van der Waals surface area contributed by atoms with Crippen LogP contribution < -0.4 is 5.56 Å². The summed E-state index contributed by atoms with van der Waals surface area (Å²) in [5.41, 5.74) is 0.305. The fraction of sp³-hybridized carbons (Fsp3) is 0.500. The molecule has 2 unspecified atom stereocenters. The summed E-state index contributed by atoms with van der Waals surface area (Å²) in [7, 11) is 0. The molecule has 1 amide bonds. The van der Waals surface area contributed by atoms with Gasteiger partial charge in [0, 0.05) is 30.7 Å². The Morgan fingerprint density at radius 3 is 2.94 bits per heavy atom. The monoisotopic (exact) mass is 254 g/mol. The van der Waals surface area contributed by atoms with Gasteiger partial charge in [-0.15, -0.1) is 11.6 Å². The van der Waals surface area contributed by atoms with Crippen LogP contribution >= 0.6 is 11.6 Å². The van der Waals surface area contributed by atoms with Crippen LogP contribution in [-0.2, 0) is 0 Å². The largest absolute Gasteiger partial charge is 0.334 e. The molecule has 0 spiro atoms. The second-order valence-electron chi connectivity index (χ2n) is 4.43. The Labute approximate surface area is 105 Å². The van der Waals surface area contributed by atoms with E-state index in [1.54, 1.807) is 11.0 Å². The number of carbonyl (C=O) groups excluding carboxylic acids is 1. The number of aromatic amines is 1. The van der Waals surface area contributed by atoms with E-state index in [2.05, 4.69) is 11.9 Å². The number of pyridine rings is 1. The summed E-state index contributed by atoms with van der Waals surface area (Å²) in [6, 6.07) is 3.01. The first-order valence-electron chi connectivity index (χ1n) is 5.69. The normalized spacial score (nSPS) is 24.0. The smallest absolute Gasteiger partial charge is 0.255 e. The van der Waals surface area contributed by atoms with Gasteiger partial charge < -0.3 is 9.88 Å². The molecule has 2 rings (SSSR count). The van der Waals surface area contributed by atoms with Crippen LogP contribution in [0.25, 0.3) is 0 Å². The third kappa shape index (κ3) is 2.36. The fourth-order valence-electron chi connectivity index (χ4n) is 2.21. The van der Waals surface area contributed by atoms with Gasteiger partial charge in [0.1, 0.15) is 0 Å². The molecule has 1 aliphatic rings. The molecule has 92 valence electrons. The number of amides is 1. The lowest BCUT2D eigenvalue weighted by Gasteiger charge is -2.25. The van der Waals surface area contributed by atoms with Gasteiger partial charge in [0.25, 0.3) is 5.91 Å². The lowest BCUT2D eigenvalue weighted by Crippen LogP contribution is -2.38. The topological polar surface area (TPSA) is 53.2 Å². The maximum atomic E-state index is 12.2. The van der Waals surface area contributed by atoms with E-state index in [0.29, 0.717) is 17.4 Å². The minimum absolute atomic E-state index is 0.0590. The first-order chi connectivity index (χ1) is 8.13. The highest BCUT2D eigenvalue weighted by molar-refractivity contribution is 6.18. The van der Waals surface area contributed by atoms with Gasteiger partial charge in [-0.1, -0.05) is 6.92 Å². The molecular weight excluding hydrogens is 240 g/mol. The van der Waals surface area contributed by atoms with E-state index in [-0.39, 0.29) is 17.5 Å². The Morgan fingerprint density at radius 2 is 2.35 bits per heavy atom. The van der Waals surface area contributed by atoms with Crippen molar-refractivity contribution in [1.29, 1.82) is 0 Å². The third-order valence-electron chi connectivity index (χ3n) is 3.33. The number of nitrogens with zero attached hydrogens (tertiary/aromatic N) is 1. The van der Waals surface area contributed by atoms with Crippen molar-refractivity contribution < 1.29 is 4.79 Å². The van der Waals surface area contributed by atoms with Crippen LogP contribution in [0.15, 0.2) is 23.1 Å². The van der Waals surface area contributed by atoms with Crippen molar-refractivity contribution in [2.45, 2.75) is 19.4 Å². The van der Waals surface area contributed by atoms with E-state index in [9.17, 15) is 9.59 Å². The van der Waals surface area contributed by atoms with Crippen molar-refractivity contribution in [3.63, 3.8) is 0 Å². The van der Waals surface area contributed by atoms with Crippen LogP contribution in [0, 0.1) is 5.92 Å². The van der Waals surface area contributed by atoms with Crippen molar-refractivity contribution >= 4 is 17.5 Å². The zero-order chi connectivity index (χ0) is 12.4. The lowest BCUT2D eigenvalue weighted by molar-refractivity contribution is 0.0736. The number of halogens is 1. The summed E-state index contributed by atoms with van der Waals surface area (Å²) in [5.74, 6) is 0.825. The van der Waals surface area contributed by atoms with E-state index < -0.39 is 0 Å². The van der Waals surface area contributed by atoms with Crippen LogP contribution in [0.1, 0.15) is 23.7 Å². The summed E-state index contributed by atoms with van der Waals surface area (Å²) in [6.45, 7) is 2.84. The number of hydrogen-bond donors (Lipinski definition) is 1. The molecule has 5 heteroatoms. The molecule has 4 nitrogen and oxygen atoms in total. The van der Waals surface area contributed by atoms with E-state index >= 15 is 0 Å². The average molecular weight is 255 g/mol. The van der Waals surface area contributed by atoms with Crippen molar-refractivity contribution in [3.05, 3.63) is 34.2 Å². The number of alkyl halides is 1. The quantitative estimate of drug-likeness (QED) is 0.813. The molecule has 0 aromatic carbocycles. The van der Waals surface area contributed by atoms with Gasteiger partial charge >= 0.3 is 0 Å². The molecule has 1 aromatic heterocycles. The molecule has 0 bridgehead atoms. The third-order valence-corrected chi connectivity index (χ3v) is 3.65. The Kier molecular flexibility index (Phi) is 3.52. The van der Waals surface area contributed by atoms with Crippen molar-refractivity contribution in [1.82, 2.24) is 9.88 Å². The zero-order valence-corrected chi connectivity index (χ0v) is 10.4. The molecule has 0 radical (unpaired) electrons. The van der Waals surface area contributed by atoms with E-state index in [4.69, 9.17) is 11.6 Å². The van der Waals surface area contributed by atoms with Gasteiger partial charge in [0.2, 0.25) is 5.56 Å². The molecule has 0 saturated carbocycles. The van der Waals surface area contributed by atoms with Crippen molar-refractivity contribution in [3.8, 4) is 0 Å². The summed E-state index contributed by atoms with van der Waals surface area (Å²) in [5, 5.41) is 0. The molecule has 1 saturated heterocycles. The van der Waals surface area contributed by atoms with Crippen LogP contribution in [0.2, 0.25) is 0 Å². The van der Waals surface area contributed by atoms with E-state index in [0.717, 1.165) is 13.0 Å². The first-order valence-corrected chi connectivity index (χ1v) is 6.22. The molecular formula is C12H15ClN2O2. The molecule has 1 aromatic rings. The average Bonchev–Trinajstić information content (AvgIpc) is 2.70. The first kappa shape index (κ1) is 12.2. The molecule has 1 N–H and O–H groups in total. The molecule has 2 heterocycles. The number of hydrogen-bond acceptors (Lipinski definition) is 2. The van der Waals surface area contributed by atoms with Crippen molar-refractivity contribution in [2.75, 3.05) is 12.4 Å². The van der Waals surface area contributed by atoms with Crippen LogP contribution in [0.4, 0.5) is 0 Å². The predicted octanol–water partition coefficient (Wildman–Crippen LogP) is 1.46. The number of H-pyrrole nitrogens is 1. The van der Waals surface area contributed by atoms with E-state index in [1.807, 2.05) is 0 Å². The highest BCUT2D eigenvalue weighted by Crippen LogP contribution is 2.26. The minimum atomic E-state index is -0.203. The number of carbonyl (C=O) groups is 1. The SMILES string of the molecule is CC1CCN(C(=O)c2ccc(=O)[nH]c2)C1CCl. The van der Waals surface area contributed by atoms with Gasteiger partial charge in [0.15, 0.2) is 0 Å². The molecule has 1 aliphatic heterocycles. The highest BCUT2D eigenvalue weighted by Gasteiger charge is 2.34. The standard InChI is InChI=1S/C12H15ClN2O2/c1-8-4-5-15(10(8)6-13)12(17)9-2-3-11(16)14-7-9/h2-3,7-8,10H,4-6H2,1H3,(H,14,16). The molecule has 0 aliphatic carbocycles. The van der Waals surface area contributed by atoms with Gasteiger partial charge in [0.05, 0.1) is 5.56 Å². The van der Waals surface area contributed by atoms with Crippen LogP contribution in [0.5, 0.6) is 0 Å². The van der Waals surface area contributed by atoms with Crippen LogP contribution in [-0.4, -0.2) is 34.3 Å². The maximum absolute atomic E-state index is 12.2. The number of rotatable bonds is 2. The van der Waals surface area contributed by atoms with Gasteiger partial charge in [-0.25, -0.2) is 0 Å². The lowest BCUT2D eigenvalue weighted by atomic mass is 10.0. The van der Waals surface area contributed by atoms with Crippen molar-refractivity contribution in [2.24, 2.45) is 5.92 Å². The fourth-order valence-corrected chi connectivity index (χ4v) is 2.68. The summed E-state index contributed by atoms with van der Waals surface area (Å²) >= 11 is 5.90. The summed E-state index contributed by atoms with van der Waals surface area (Å²) < 4.78 is 0. The number of likely N-dealkylation sites (tertiary alicyclic amines) is 1. The van der Waals surface area contributed by atoms with E-state index in [1.165, 1.54) is 12.3 Å². The van der Waals surface area contributed by atoms with Gasteiger partial charge in [-0.05, 0) is 18.4 Å². The highest BCUT2D eigenvalue weighted by atomic mass is 35.5. The molecule has 1 fully saturated rings. The zero-order valence-electron chi connectivity index (χ0n) is 9.65. The number of nitrogens with one attached hydrogen (secondary N) is 1. The maximum Gasteiger partial charge on any atom is 0.255 e. The Balaban J connectivity index is 2.20. The predicted molar refractivity (Wildman–Crippen MR) is 66.4 cm³/mol. The van der Waals surface area contributed by atoms with Gasteiger partial charge in [-0.2, -0.15) is 0 Å². The Hall–Kier alpha value is -1.29. The van der Waals surface area contributed by atoms with Crippen LogP contribution in [0.3, 0.4) is 0 Å². The minimum Gasteiger partial charge on any atom is -0.334 e. The second-order valence-corrected chi connectivity index (χ2v) is 4.74.